The molecule has 0 radical (unpaired) electrons. The molecule has 0 aliphatic carbocycles. The summed E-state index contributed by atoms with van der Waals surface area (Å²) in [5, 5.41) is 0. The largest absolute Gasteiger partial charge is 0.330 e. The van der Waals surface area contributed by atoms with E-state index >= 15 is 0 Å². The Morgan fingerprint density at radius 2 is 1.60 bits per heavy atom. The van der Waals surface area contributed by atoms with Gasteiger partial charge in [0.1, 0.15) is 0 Å². The number of hydrogen-bond donors (Lipinski definition) is 2. The summed E-state index contributed by atoms with van der Waals surface area (Å²) < 4.78 is 0. The monoisotopic (exact) mass is 214 g/mol. The van der Waals surface area contributed by atoms with Crippen molar-refractivity contribution in [2.45, 2.75) is 71.3 Å². The van der Waals surface area contributed by atoms with E-state index < -0.39 is 0 Å². The molecule has 92 valence electrons. The highest BCUT2D eigenvalue weighted by atomic mass is 14.6. The van der Waals surface area contributed by atoms with E-state index in [1.807, 2.05) is 0 Å². The normalized spacial score (nSPS) is 15.2. The molecule has 0 fully saturated rings. The fraction of sp³-hybridized carbons (Fsp3) is 1.00. The molecule has 2 nitrogen and oxygen atoms in total. The average Bonchev–Trinajstić information content (AvgIpc) is 2.25. The van der Waals surface area contributed by atoms with Crippen LogP contribution in [0.3, 0.4) is 0 Å². The number of hydrogen-bond acceptors (Lipinski definition) is 2. The molecule has 0 aromatic carbocycles. The Balaban J connectivity index is 3.34. The van der Waals surface area contributed by atoms with Gasteiger partial charge in [0, 0.05) is 6.04 Å². The maximum absolute atomic E-state index is 6.13. The van der Waals surface area contributed by atoms with E-state index in [4.69, 9.17) is 11.5 Å². The second kappa shape index (κ2) is 10.4. The topological polar surface area (TPSA) is 52.0 Å². The summed E-state index contributed by atoms with van der Waals surface area (Å²) in [4.78, 5) is 0. The Morgan fingerprint density at radius 1 is 0.933 bits per heavy atom. The summed E-state index contributed by atoms with van der Waals surface area (Å²) in [5.74, 6) is 0.639. The summed E-state index contributed by atoms with van der Waals surface area (Å²) in [6.45, 7) is 5.31. The smallest absolute Gasteiger partial charge is 0.00645 e. The van der Waals surface area contributed by atoms with Gasteiger partial charge in [0.05, 0.1) is 0 Å². The third-order valence-electron chi connectivity index (χ3n) is 3.24. The van der Waals surface area contributed by atoms with Gasteiger partial charge in [-0.25, -0.2) is 0 Å². The van der Waals surface area contributed by atoms with Crippen LogP contribution in [0.2, 0.25) is 0 Å². The fourth-order valence-electron chi connectivity index (χ4n) is 1.92. The van der Waals surface area contributed by atoms with Crippen LogP contribution in [0.1, 0.15) is 65.2 Å². The molecule has 0 aromatic heterocycles. The van der Waals surface area contributed by atoms with Gasteiger partial charge in [0.25, 0.3) is 0 Å². The van der Waals surface area contributed by atoms with Crippen LogP contribution < -0.4 is 11.5 Å². The highest BCUT2D eigenvalue weighted by Gasteiger charge is 2.11. The van der Waals surface area contributed by atoms with Gasteiger partial charge in [-0.1, -0.05) is 46.0 Å². The van der Waals surface area contributed by atoms with Gasteiger partial charge < -0.3 is 11.5 Å². The van der Waals surface area contributed by atoms with Gasteiger partial charge in [-0.2, -0.15) is 0 Å². The molecule has 0 rings (SSSR count). The number of unbranched alkanes of at least 4 members (excludes halogenated alkanes) is 4. The molecule has 0 saturated heterocycles. The zero-order valence-electron chi connectivity index (χ0n) is 10.7. The van der Waals surface area contributed by atoms with Crippen LogP contribution >= 0.6 is 0 Å². The summed E-state index contributed by atoms with van der Waals surface area (Å²) in [7, 11) is 0. The highest BCUT2D eigenvalue weighted by molar-refractivity contribution is 4.69. The van der Waals surface area contributed by atoms with E-state index in [9.17, 15) is 0 Å². The van der Waals surface area contributed by atoms with E-state index in [1.165, 1.54) is 44.9 Å². The first kappa shape index (κ1) is 14.9. The van der Waals surface area contributed by atoms with Crippen LogP contribution in [0.15, 0.2) is 0 Å². The summed E-state index contributed by atoms with van der Waals surface area (Å²) in [5.41, 5.74) is 11.6. The third kappa shape index (κ3) is 8.88. The molecule has 0 bridgehead atoms. The predicted octanol–water partition coefficient (Wildman–Crippen LogP) is 3.05. The zero-order valence-corrected chi connectivity index (χ0v) is 10.7. The van der Waals surface area contributed by atoms with Crippen molar-refractivity contribution in [3.8, 4) is 0 Å². The second-order valence-corrected chi connectivity index (χ2v) is 4.77. The third-order valence-corrected chi connectivity index (χ3v) is 3.24. The van der Waals surface area contributed by atoms with Crippen molar-refractivity contribution in [3.05, 3.63) is 0 Å². The molecule has 2 heteroatoms. The highest BCUT2D eigenvalue weighted by Crippen LogP contribution is 2.15. The molecule has 2 unspecified atom stereocenters. The van der Waals surface area contributed by atoms with Gasteiger partial charge in [0.15, 0.2) is 0 Å². The number of rotatable bonds is 10. The van der Waals surface area contributed by atoms with Crippen molar-refractivity contribution in [3.63, 3.8) is 0 Å². The first-order valence-electron chi connectivity index (χ1n) is 6.68. The van der Waals surface area contributed by atoms with Crippen molar-refractivity contribution in [2.75, 3.05) is 6.54 Å². The van der Waals surface area contributed by atoms with Gasteiger partial charge in [-0.3, -0.25) is 0 Å². The molecule has 0 aromatic rings. The Kier molecular flexibility index (Phi) is 10.4. The van der Waals surface area contributed by atoms with E-state index in [0.29, 0.717) is 12.0 Å². The van der Waals surface area contributed by atoms with Crippen molar-refractivity contribution >= 4 is 0 Å². The molecule has 0 heterocycles. The molecule has 0 spiro atoms. The van der Waals surface area contributed by atoms with Crippen LogP contribution in [0, 0.1) is 5.92 Å². The van der Waals surface area contributed by atoms with E-state index in [1.54, 1.807) is 0 Å². The minimum Gasteiger partial charge on any atom is -0.330 e. The standard InChI is InChI=1S/C13H30N2/c1-3-4-5-6-7-10-13(15)12(2)9-8-11-14/h12-13H,3-11,14-15H2,1-2H3. The Labute approximate surface area is 95.8 Å². The Morgan fingerprint density at radius 3 is 2.20 bits per heavy atom. The molecular formula is C13H30N2. The quantitative estimate of drug-likeness (QED) is 0.549. The van der Waals surface area contributed by atoms with Gasteiger partial charge in [-0.05, 0) is 31.7 Å². The molecule has 0 aliphatic rings. The maximum atomic E-state index is 6.13. The van der Waals surface area contributed by atoms with Crippen molar-refractivity contribution < 1.29 is 0 Å². The lowest BCUT2D eigenvalue weighted by Gasteiger charge is -2.19. The lowest BCUT2D eigenvalue weighted by Crippen LogP contribution is -2.28. The molecule has 4 N–H and O–H groups in total. The number of nitrogens with two attached hydrogens (primary N) is 2. The first-order valence-corrected chi connectivity index (χ1v) is 6.68. The SMILES string of the molecule is CCCCCCCC(N)C(C)CCCN. The van der Waals surface area contributed by atoms with Crippen LogP contribution in [0.25, 0.3) is 0 Å². The molecule has 15 heavy (non-hydrogen) atoms. The molecule has 0 saturated carbocycles. The molecule has 0 aliphatic heterocycles. The van der Waals surface area contributed by atoms with Crippen molar-refractivity contribution in [1.82, 2.24) is 0 Å². The lowest BCUT2D eigenvalue weighted by molar-refractivity contribution is 0.385. The van der Waals surface area contributed by atoms with Gasteiger partial charge in [0.2, 0.25) is 0 Å². The Bertz CT molecular complexity index is 126. The van der Waals surface area contributed by atoms with E-state index in [0.717, 1.165) is 13.0 Å². The maximum Gasteiger partial charge on any atom is 0.00645 e. The summed E-state index contributed by atoms with van der Waals surface area (Å²) >= 11 is 0. The van der Waals surface area contributed by atoms with Gasteiger partial charge in [-0.15, -0.1) is 0 Å². The lowest BCUT2D eigenvalue weighted by atomic mass is 9.93. The minimum atomic E-state index is 0.387. The van der Waals surface area contributed by atoms with Crippen LogP contribution in [0.4, 0.5) is 0 Å². The summed E-state index contributed by atoms with van der Waals surface area (Å²) in [6.07, 6.45) is 10.2. The summed E-state index contributed by atoms with van der Waals surface area (Å²) in [6, 6.07) is 0.387. The first-order chi connectivity index (χ1) is 7.22. The molecule has 2 atom stereocenters. The minimum absolute atomic E-state index is 0.387. The van der Waals surface area contributed by atoms with E-state index in [-0.39, 0.29) is 0 Å². The van der Waals surface area contributed by atoms with Crippen molar-refractivity contribution in [2.24, 2.45) is 17.4 Å². The fourth-order valence-corrected chi connectivity index (χ4v) is 1.92. The van der Waals surface area contributed by atoms with Crippen LogP contribution in [-0.2, 0) is 0 Å². The van der Waals surface area contributed by atoms with Crippen LogP contribution in [-0.4, -0.2) is 12.6 Å². The molecule has 0 amide bonds. The van der Waals surface area contributed by atoms with Gasteiger partial charge >= 0.3 is 0 Å². The van der Waals surface area contributed by atoms with Crippen LogP contribution in [0.5, 0.6) is 0 Å². The molecular weight excluding hydrogens is 184 g/mol. The van der Waals surface area contributed by atoms with E-state index in [2.05, 4.69) is 13.8 Å². The second-order valence-electron chi connectivity index (χ2n) is 4.77. The van der Waals surface area contributed by atoms with Crippen molar-refractivity contribution in [1.29, 1.82) is 0 Å². The zero-order chi connectivity index (χ0) is 11.5. The predicted molar refractivity (Wildman–Crippen MR) is 68.8 cm³/mol. The Hall–Kier alpha value is -0.0800. The average molecular weight is 214 g/mol.